The van der Waals surface area contributed by atoms with Gasteiger partial charge in [-0.3, -0.25) is 4.55 Å². The Morgan fingerprint density at radius 2 is 1.67 bits per heavy atom. The molecule has 2 heterocycles. The lowest BCUT2D eigenvalue weighted by atomic mass is 9.99. The van der Waals surface area contributed by atoms with E-state index in [1.807, 2.05) is 0 Å². The Balaban J connectivity index is 1.97. The second-order valence-corrected chi connectivity index (χ2v) is 6.21. The maximum Gasteiger partial charge on any atom is 0.397 e. The minimum Gasteiger partial charge on any atom is -0.472 e. The molecule has 1 fully saturated rings. The highest BCUT2D eigenvalue weighted by atomic mass is 32.3. The second-order valence-electron chi connectivity index (χ2n) is 5.12. The van der Waals surface area contributed by atoms with Crippen LogP contribution in [-0.4, -0.2) is 70.7 Å². The summed E-state index contributed by atoms with van der Waals surface area (Å²) in [5.41, 5.74) is 0.604. The average molecular weight is 370 g/mol. The van der Waals surface area contributed by atoms with Crippen LogP contribution < -0.4 is 0 Å². The molecule has 138 valence electrons. The second kappa shape index (κ2) is 7.86. The van der Waals surface area contributed by atoms with Crippen molar-refractivity contribution in [3.8, 4) is 0 Å². The molecule has 24 heavy (non-hydrogen) atoms. The van der Waals surface area contributed by atoms with Gasteiger partial charge >= 0.3 is 10.4 Å². The fraction of sp³-hybridized carbons (Fsp3) is 0.667. The fourth-order valence-corrected chi connectivity index (χ4v) is 2.39. The zero-order chi connectivity index (χ0) is 17.9. The highest BCUT2D eigenvalue weighted by molar-refractivity contribution is 7.80. The predicted molar refractivity (Wildman–Crippen MR) is 73.6 cm³/mol. The van der Waals surface area contributed by atoms with Gasteiger partial charge < -0.3 is 34.3 Å². The van der Waals surface area contributed by atoms with E-state index in [-0.39, 0.29) is 12.2 Å². The van der Waals surface area contributed by atoms with Gasteiger partial charge in [-0.15, -0.1) is 0 Å². The largest absolute Gasteiger partial charge is 0.472 e. The third-order valence-corrected chi connectivity index (χ3v) is 3.86. The minimum absolute atomic E-state index is 0.219. The molecule has 5 atom stereocenters. The normalized spacial score (nSPS) is 31.3. The Kier molecular flexibility index (Phi) is 6.30. The summed E-state index contributed by atoms with van der Waals surface area (Å²) in [6.07, 6.45) is -4.69. The zero-order valence-corrected chi connectivity index (χ0v) is 13.1. The first-order valence-corrected chi connectivity index (χ1v) is 8.17. The number of ether oxygens (including phenoxy) is 2. The number of furan rings is 1. The molecule has 11 nitrogen and oxygen atoms in total. The Morgan fingerprint density at radius 3 is 2.25 bits per heavy atom. The molecule has 0 radical (unpaired) electrons. The van der Waals surface area contributed by atoms with Gasteiger partial charge in [-0.2, -0.15) is 8.42 Å². The van der Waals surface area contributed by atoms with Crippen LogP contribution in [0.15, 0.2) is 16.9 Å². The average Bonchev–Trinajstić information content (AvgIpc) is 2.97. The van der Waals surface area contributed by atoms with Crippen LogP contribution in [0.4, 0.5) is 0 Å². The van der Waals surface area contributed by atoms with Gasteiger partial charge in [-0.25, -0.2) is 4.18 Å². The lowest BCUT2D eigenvalue weighted by Gasteiger charge is -2.39. The summed E-state index contributed by atoms with van der Waals surface area (Å²) >= 11 is 0. The van der Waals surface area contributed by atoms with Crippen LogP contribution >= 0.6 is 0 Å². The molecule has 12 heteroatoms. The third-order valence-electron chi connectivity index (χ3n) is 3.45. The van der Waals surface area contributed by atoms with Gasteiger partial charge in [-0.05, 0) is 0 Å². The number of rotatable bonds is 7. The van der Waals surface area contributed by atoms with Gasteiger partial charge in [0.15, 0.2) is 6.29 Å². The molecule has 1 aliphatic rings. The molecule has 5 N–H and O–H groups in total. The van der Waals surface area contributed by atoms with Crippen molar-refractivity contribution in [1.82, 2.24) is 0 Å². The minimum atomic E-state index is -4.62. The van der Waals surface area contributed by atoms with Crippen LogP contribution in [0.1, 0.15) is 11.1 Å². The fourth-order valence-electron chi connectivity index (χ4n) is 2.12. The lowest BCUT2D eigenvalue weighted by Crippen LogP contribution is -2.59. The molecular formula is C12H18O11S. The summed E-state index contributed by atoms with van der Waals surface area (Å²) in [6.45, 7) is -1.31. The Bertz CT molecular complexity index is 625. The van der Waals surface area contributed by atoms with Crippen molar-refractivity contribution in [3.63, 3.8) is 0 Å². The number of aliphatic hydroxyl groups excluding tert-OH is 4. The molecule has 0 saturated carbocycles. The van der Waals surface area contributed by atoms with Crippen molar-refractivity contribution in [3.05, 3.63) is 23.7 Å². The summed E-state index contributed by atoms with van der Waals surface area (Å²) in [5, 5.41) is 38.2. The molecule has 0 aliphatic carbocycles. The lowest BCUT2D eigenvalue weighted by molar-refractivity contribution is -0.304. The first-order valence-electron chi connectivity index (χ1n) is 6.81. The Hall–Kier alpha value is -1.09. The van der Waals surface area contributed by atoms with Crippen molar-refractivity contribution in [2.75, 3.05) is 6.61 Å². The molecule has 0 aromatic carbocycles. The molecule has 0 spiro atoms. The third kappa shape index (κ3) is 4.72. The van der Waals surface area contributed by atoms with Gasteiger partial charge in [0.25, 0.3) is 0 Å². The van der Waals surface area contributed by atoms with Crippen LogP contribution in [0.25, 0.3) is 0 Å². The van der Waals surface area contributed by atoms with Crippen molar-refractivity contribution in [2.45, 2.75) is 43.9 Å². The summed E-state index contributed by atoms with van der Waals surface area (Å²) in [4.78, 5) is 0. The summed E-state index contributed by atoms with van der Waals surface area (Å²) in [7, 11) is -4.62. The standard InChI is InChI=1S/C12H18O11S/c13-1-8-9(14)10(15)11(16)12(23-8)21-4-6-2-20-3-7(6)5-22-24(17,18)19/h2-3,8-16H,1,4-5H2,(H,17,18,19)/t8-,9+,10+,11-,12-/m1/s1. The van der Waals surface area contributed by atoms with E-state index in [1.54, 1.807) is 0 Å². The molecule has 0 amide bonds. The molecule has 1 aromatic rings. The first-order chi connectivity index (χ1) is 11.2. The molecule has 1 saturated heterocycles. The van der Waals surface area contributed by atoms with Gasteiger partial charge in [-0.1, -0.05) is 0 Å². The maximum atomic E-state index is 10.6. The van der Waals surface area contributed by atoms with Crippen LogP contribution in [0.2, 0.25) is 0 Å². The Morgan fingerprint density at radius 1 is 1.04 bits per heavy atom. The van der Waals surface area contributed by atoms with E-state index in [1.165, 1.54) is 12.5 Å². The molecule has 0 unspecified atom stereocenters. The van der Waals surface area contributed by atoms with Crippen molar-refractivity contribution in [2.24, 2.45) is 0 Å². The van der Waals surface area contributed by atoms with Gasteiger partial charge in [0.1, 0.15) is 24.4 Å². The maximum absolute atomic E-state index is 10.6. The van der Waals surface area contributed by atoms with E-state index in [2.05, 4.69) is 4.18 Å². The van der Waals surface area contributed by atoms with Crippen LogP contribution in [0.5, 0.6) is 0 Å². The predicted octanol–water partition coefficient (Wildman–Crippen LogP) is -2.08. The van der Waals surface area contributed by atoms with E-state index >= 15 is 0 Å². The van der Waals surface area contributed by atoms with E-state index in [4.69, 9.17) is 23.6 Å². The molecule has 2 rings (SSSR count). The summed E-state index contributed by atoms with van der Waals surface area (Å²) in [5.74, 6) is 0. The molecule has 1 aromatic heterocycles. The van der Waals surface area contributed by atoms with Gasteiger partial charge in [0, 0.05) is 11.1 Å². The molecular weight excluding hydrogens is 352 g/mol. The van der Waals surface area contributed by atoms with E-state index in [9.17, 15) is 23.7 Å². The highest BCUT2D eigenvalue weighted by Crippen LogP contribution is 2.23. The van der Waals surface area contributed by atoms with E-state index in [0.29, 0.717) is 5.56 Å². The van der Waals surface area contributed by atoms with Crippen molar-refractivity contribution in [1.29, 1.82) is 0 Å². The highest BCUT2D eigenvalue weighted by Gasteiger charge is 2.44. The van der Waals surface area contributed by atoms with Crippen LogP contribution in [-0.2, 0) is 37.3 Å². The first kappa shape index (κ1) is 19.2. The quantitative estimate of drug-likeness (QED) is 0.333. The number of aliphatic hydroxyl groups is 4. The SMILES string of the molecule is O=S(=O)(O)OCc1cocc1CO[C@@H]1O[C@H](CO)[C@H](O)[C@H](O)[C@H]1O. The van der Waals surface area contributed by atoms with Crippen LogP contribution in [0, 0.1) is 0 Å². The van der Waals surface area contributed by atoms with E-state index < -0.39 is 54.3 Å². The zero-order valence-electron chi connectivity index (χ0n) is 12.3. The topological polar surface area (TPSA) is 176 Å². The van der Waals surface area contributed by atoms with Crippen molar-refractivity contribution < 1.29 is 51.5 Å². The smallest absolute Gasteiger partial charge is 0.397 e. The molecule has 1 aliphatic heterocycles. The summed E-state index contributed by atoms with van der Waals surface area (Å²) < 4.78 is 49.2. The van der Waals surface area contributed by atoms with Crippen molar-refractivity contribution >= 4 is 10.4 Å². The monoisotopic (exact) mass is 370 g/mol. The molecule has 0 bridgehead atoms. The summed E-state index contributed by atoms with van der Waals surface area (Å²) in [6, 6.07) is 0. The number of hydrogen-bond acceptors (Lipinski definition) is 10. The number of hydrogen-bond donors (Lipinski definition) is 5. The van der Waals surface area contributed by atoms with Crippen LogP contribution in [0.3, 0.4) is 0 Å². The van der Waals surface area contributed by atoms with Gasteiger partial charge in [0.05, 0.1) is 32.3 Å². The Labute approximate surface area is 136 Å². The van der Waals surface area contributed by atoms with E-state index in [0.717, 1.165) is 0 Å². The van der Waals surface area contributed by atoms with Gasteiger partial charge in [0.2, 0.25) is 0 Å².